The van der Waals surface area contributed by atoms with E-state index in [9.17, 15) is 13.2 Å². The van der Waals surface area contributed by atoms with Gasteiger partial charge in [-0.2, -0.15) is 8.42 Å². The Morgan fingerprint density at radius 3 is 2.45 bits per heavy atom. The van der Waals surface area contributed by atoms with Crippen LogP contribution in [-0.2, 0) is 28.3 Å². The molecule has 1 amide bonds. The molecular weight excluding hydrogens is 312 g/mol. The number of carbonyl (C=O) groups excluding carboxylic acids is 1. The van der Waals surface area contributed by atoms with Crippen LogP contribution >= 0.6 is 0 Å². The van der Waals surface area contributed by atoms with Crippen LogP contribution in [0.4, 0.5) is 0 Å². The minimum absolute atomic E-state index is 0.0182. The first-order chi connectivity index (χ1) is 10.3. The highest BCUT2D eigenvalue weighted by Crippen LogP contribution is 2.11. The van der Waals surface area contributed by atoms with Crippen molar-refractivity contribution in [3.05, 3.63) is 0 Å². The van der Waals surface area contributed by atoms with Crippen molar-refractivity contribution in [2.24, 2.45) is 5.92 Å². The number of ether oxygens (including phenoxy) is 1. The lowest BCUT2D eigenvalue weighted by atomic mass is 10.2. The second-order valence-electron chi connectivity index (χ2n) is 5.69. The third-order valence-corrected chi connectivity index (χ3v) is 4.69. The zero-order valence-corrected chi connectivity index (χ0v) is 14.4. The fourth-order valence-corrected chi connectivity index (χ4v) is 2.67. The van der Waals surface area contributed by atoms with Gasteiger partial charge >= 0.3 is 10.4 Å². The molecule has 0 aromatic heterocycles. The first-order valence-electron chi connectivity index (χ1n) is 7.46. The van der Waals surface area contributed by atoms with Crippen molar-refractivity contribution < 1.29 is 30.8 Å². The van der Waals surface area contributed by atoms with Crippen molar-refractivity contribution in [1.82, 2.24) is 5.32 Å². The van der Waals surface area contributed by atoms with Crippen molar-refractivity contribution in [2.45, 2.75) is 13.8 Å². The molecule has 130 valence electrons. The number of quaternary nitrogens is 1. The fraction of sp³-hybridized carbons (Fsp3) is 0.923. The summed E-state index contributed by atoms with van der Waals surface area (Å²) in [6, 6.07) is 0. The highest BCUT2D eigenvalue weighted by atomic mass is 32.3. The highest BCUT2D eigenvalue weighted by Gasteiger charge is 2.30. The molecule has 0 atom stereocenters. The summed E-state index contributed by atoms with van der Waals surface area (Å²) in [4.78, 5) is 11.6. The molecule has 0 aromatic carbocycles. The van der Waals surface area contributed by atoms with E-state index in [1.807, 2.05) is 13.8 Å². The van der Waals surface area contributed by atoms with Gasteiger partial charge in [0.05, 0.1) is 33.4 Å². The lowest BCUT2D eigenvalue weighted by Gasteiger charge is -2.41. The average molecular weight is 339 g/mol. The average Bonchev–Trinajstić information content (AvgIpc) is 2.48. The zero-order valence-electron chi connectivity index (χ0n) is 13.5. The molecule has 1 saturated heterocycles. The van der Waals surface area contributed by atoms with Crippen LogP contribution in [0.2, 0.25) is 0 Å². The number of amides is 1. The number of nitrogens with zero attached hydrogens (tertiary/aromatic N) is 1. The Morgan fingerprint density at radius 2 is 1.91 bits per heavy atom. The molecule has 1 heterocycles. The predicted molar refractivity (Wildman–Crippen MR) is 80.3 cm³/mol. The smallest absolute Gasteiger partial charge is 0.370 e. The minimum atomic E-state index is -3.90. The van der Waals surface area contributed by atoms with E-state index in [0.29, 0.717) is 30.8 Å². The van der Waals surface area contributed by atoms with Crippen molar-refractivity contribution in [1.29, 1.82) is 0 Å². The first kappa shape index (κ1) is 19.3. The van der Waals surface area contributed by atoms with E-state index >= 15 is 0 Å². The zero-order chi connectivity index (χ0) is 16.6. The van der Waals surface area contributed by atoms with Crippen LogP contribution < -0.4 is 5.32 Å². The molecule has 8 nitrogen and oxygen atoms in total. The molecule has 0 saturated carbocycles. The molecule has 0 spiro atoms. The maximum absolute atomic E-state index is 11.6. The van der Waals surface area contributed by atoms with Crippen LogP contribution in [0.1, 0.15) is 13.8 Å². The van der Waals surface area contributed by atoms with E-state index in [2.05, 4.69) is 9.50 Å². The van der Waals surface area contributed by atoms with Gasteiger partial charge in [0.15, 0.2) is 0 Å². The molecule has 1 aliphatic rings. The molecule has 9 heteroatoms. The van der Waals surface area contributed by atoms with Crippen molar-refractivity contribution in [3.63, 3.8) is 0 Å². The Labute approximate surface area is 132 Å². The van der Waals surface area contributed by atoms with E-state index in [1.165, 1.54) is 0 Å². The van der Waals surface area contributed by atoms with E-state index in [-0.39, 0.29) is 18.4 Å². The van der Waals surface area contributed by atoms with Crippen LogP contribution in [0.15, 0.2) is 0 Å². The van der Waals surface area contributed by atoms with Crippen molar-refractivity contribution in [2.75, 3.05) is 59.7 Å². The number of nitrogens with one attached hydrogen (secondary N) is 1. The number of rotatable bonds is 9. The molecule has 0 aromatic rings. The van der Waals surface area contributed by atoms with E-state index in [0.717, 1.165) is 26.7 Å². The van der Waals surface area contributed by atoms with E-state index in [1.54, 1.807) is 0 Å². The SMILES string of the molecule is COS(=O)(=O)OCC[N+]1(CCNC(=O)C(C)C)CCOCC1. The molecule has 1 fully saturated rings. The van der Waals surface area contributed by atoms with Gasteiger partial charge in [-0.3, -0.25) is 8.98 Å². The van der Waals surface area contributed by atoms with Crippen LogP contribution in [-0.4, -0.2) is 78.5 Å². The molecule has 1 N–H and O–H groups in total. The summed E-state index contributed by atoms with van der Waals surface area (Å²) in [6.45, 7) is 8.33. The molecule has 0 radical (unpaired) electrons. The number of morpholine rings is 1. The summed E-state index contributed by atoms with van der Waals surface area (Å²) in [6.07, 6.45) is 0. The Hall–Kier alpha value is -0.740. The third-order valence-electron chi connectivity index (χ3n) is 3.83. The number of hydrogen-bond acceptors (Lipinski definition) is 6. The third kappa shape index (κ3) is 6.57. The molecule has 0 unspecified atom stereocenters. The molecule has 0 bridgehead atoms. The normalized spacial score (nSPS) is 18.4. The molecule has 0 aliphatic carbocycles. The maximum Gasteiger partial charge on any atom is 0.399 e. The van der Waals surface area contributed by atoms with Gasteiger partial charge in [-0.05, 0) is 0 Å². The van der Waals surface area contributed by atoms with Crippen molar-refractivity contribution >= 4 is 16.3 Å². The van der Waals surface area contributed by atoms with Gasteiger partial charge in [0, 0.05) is 5.92 Å². The Balaban J connectivity index is 2.49. The first-order valence-corrected chi connectivity index (χ1v) is 8.79. The van der Waals surface area contributed by atoms with Crippen LogP contribution in [0, 0.1) is 5.92 Å². The topological polar surface area (TPSA) is 90.9 Å². The number of carbonyl (C=O) groups is 1. The summed E-state index contributed by atoms with van der Waals surface area (Å²) in [7, 11) is -2.84. The Kier molecular flexibility index (Phi) is 7.70. The summed E-state index contributed by atoms with van der Waals surface area (Å²) in [5, 5.41) is 2.89. The van der Waals surface area contributed by atoms with E-state index < -0.39 is 10.4 Å². The molecule has 1 rings (SSSR count). The Bertz CT molecular complexity index is 445. The van der Waals surface area contributed by atoms with Gasteiger partial charge in [0.2, 0.25) is 5.91 Å². The maximum atomic E-state index is 11.6. The quantitative estimate of drug-likeness (QED) is 0.570. The highest BCUT2D eigenvalue weighted by molar-refractivity contribution is 7.81. The standard InChI is InChI=1S/C13H26N2O6S/c1-12(2)13(16)14-4-5-15(6-9-20-10-7-15)8-11-21-22(17,18)19-3/h12H,4-11H2,1-3H3/p+1. The monoisotopic (exact) mass is 339 g/mol. The van der Waals surface area contributed by atoms with Gasteiger partial charge in [0.1, 0.15) is 26.2 Å². The van der Waals surface area contributed by atoms with E-state index in [4.69, 9.17) is 8.92 Å². The lowest BCUT2D eigenvalue weighted by Crippen LogP contribution is -2.59. The van der Waals surface area contributed by atoms with Gasteiger partial charge < -0.3 is 14.5 Å². The largest absolute Gasteiger partial charge is 0.399 e. The predicted octanol–water partition coefficient (Wildman–Crippen LogP) is -0.487. The van der Waals surface area contributed by atoms with Crippen LogP contribution in [0.3, 0.4) is 0 Å². The van der Waals surface area contributed by atoms with Crippen LogP contribution in [0.25, 0.3) is 0 Å². The summed E-state index contributed by atoms with van der Waals surface area (Å²) < 4.78 is 37.5. The summed E-state index contributed by atoms with van der Waals surface area (Å²) in [5.74, 6) is -0.0297. The minimum Gasteiger partial charge on any atom is -0.370 e. The van der Waals surface area contributed by atoms with Crippen molar-refractivity contribution in [3.8, 4) is 0 Å². The summed E-state index contributed by atoms with van der Waals surface area (Å²) >= 11 is 0. The second kappa shape index (κ2) is 8.78. The van der Waals surface area contributed by atoms with Gasteiger partial charge in [-0.15, -0.1) is 0 Å². The molecule has 22 heavy (non-hydrogen) atoms. The Morgan fingerprint density at radius 1 is 1.27 bits per heavy atom. The van der Waals surface area contributed by atoms with Crippen LogP contribution in [0.5, 0.6) is 0 Å². The van der Waals surface area contributed by atoms with Gasteiger partial charge in [0.25, 0.3) is 0 Å². The van der Waals surface area contributed by atoms with Gasteiger partial charge in [-0.1, -0.05) is 13.8 Å². The molecular formula is C13H27N2O6S+. The number of hydrogen-bond donors (Lipinski definition) is 1. The second-order valence-corrected chi connectivity index (χ2v) is 7.08. The fourth-order valence-electron chi connectivity index (χ4n) is 2.29. The van der Waals surface area contributed by atoms with Gasteiger partial charge in [-0.25, -0.2) is 4.18 Å². The molecule has 1 aliphatic heterocycles. The lowest BCUT2D eigenvalue weighted by molar-refractivity contribution is -0.934. The summed E-state index contributed by atoms with van der Waals surface area (Å²) in [5.41, 5.74) is 0.